The van der Waals surface area contributed by atoms with E-state index in [0.717, 1.165) is 5.56 Å². The molecule has 0 atom stereocenters. The van der Waals surface area contributed by atoms with Crippen molar-refractivity contribution in [2.45, 2.75) is 18.9 Å². The molecular formula is C20H14F6N4O. The summed E-state index contributed by atoms with van der Waals surface area (Å²) >= 11 is 0. The van der Waals surface area contributed by atoms with Crippen LogP contribution in [0.25, 0.3) is 0 Å². The lowest BCUT2D eigenvalue weighted by Crippen LogP contribution is -2.17. The molecule has 0 aliphatic carbocycles. The highest BCUT2D eigenvalue weighted by molar-refractivity contribution is 6.07. The Balaban J connectivity index is 1.86. The molecule has 31 heavy (non-hydrogen) atoms. The highest BCUT2D eigenvalue weighted by Crippen LogP contribution is 2.37. The van der Waals surface area contributed by atoms with Crippen LogP contribution in [0.1, 0.15) is 27.0 Å². The topological polar surface area (TPSA) is 66.9 Å². The smallest absolute Gasteiger partial charge is 0.365 e. The van der Waals surface area contributed by atoms with E-state index >= 15 is 0 Å². The maximum atomic E-state index is 13.0. The zero-order valence-corrected chi connectivity index (χ0v) is 15.6. The predicted octanol–water partition coefficient (Wildman–Crippen LogP) is 5.38. The quantitative estimate of drug-likeness (QED) is 0.523. The number of hydrogen-bond donors (Lipinski definition) is 2. The van der Waals surface area contributed by atoms with Crippen LogP contribution >= 0.6 is 0 Å². The molecule has 11 heteroatoms. The molecule has 0 aliphatic heterocycles. The van der Waals surface area contributed by atoms with E-state index in [1.54, 1.807) is 24.5 Å². The van der Waals surface area contributed by atoms with Crippen LogP contribution in [0.3, 0.4) is 0 Å². The number of carbonyl (C=O) groups excluding carboxylic acids is 1. The molecule has 0 radical (unpaired) electrons. The van der Waals surface area contributed by atoms with Gasteiger partial charge in [0, 0.05) is 30.8 Å². The van der Waals surface area contributed by atoms with Gasteiger partial charge < -0.3 is 10.6 Å². The number of halogens is 6. The highest BCUT2D eigenvalue weighted by atomic mass is 19.4. The number of anilines is 2. The third-order valence-electron chi connectivity index (χ3n) is 4.11. The van der Waals surface area contributed by atoms with Crippen molar-refractivity contribution in [2.24, 2.45) is 0 Å². The van der Waals surface area contributed by atoms with Gasteiger partial charge in [0.15, 0.2) is 0 Å². The van der Waals surface area contributed by atoms with Crippen LogP contribution in [0.5, 0.6) is 0 Å². The molecule has 0 fully saturated rings. The van der Waals surface area contributed by atoms with Gasteiger partial charge in [-0.05, 0) is 48.0 Å². The normalized spacial score (nSPS) is 11.8. The molecule has 3 aromatic rings. The third kappa shape index (κ3) is 5.71. The standard InChI is InChI=1S/C20H14F6N4O/c21-19(22,23)13-8-14(20(24,25)26)10-15(9-13)30-18(31)16-2-1-5-28-17(16)29-11-12-3-6-27-7-4-12/h1-10H,11H2,(H,28,29)(H,30,31). The minimum Gasteiger partial charge on any atom is -0.365 e. The van der Waals surface area contributed by atoms with Crippen LogP contribution in [0.15, 0.2) is 61.1 Å². The van der Waals surface area contributed by atoms with Crippen LogP contribution in [0.2, 0.25) is 0 Å². The van der Waals surface area contributed by atoms with E-state index < -0.39 is 35.1 Å². The number of aromatic nitrogens is 2. The first-order chi connectivity index (χ1) is 14.5. The van der Waals surface area contributed by atoms with Crippen molar-refractivity contribution < 1.29 is 31.1 Å². The highest BCUT2D eigenvalue weighted by Gasteiger charge is 2.37. The average Bonchev–Trinajstić information content (AvgIpc) is 2.71. The number of rotatable bonds is 5. The summed E-state index contributed by atoms with van der Waals surface area (Å²) in [7, 11) is 0. The van der Waals surface area contributed by atoms with Crippen LogP contribution in [0.4, 0.5) is 37.8 Å². The Kier molecular flexibility index (Phi) is 6.14. The van der Waals surface area contributed by atoms with E-state index in [4.69, 9.17) is 0 Å². The summed E-state index contributed by atoms with van der Waals surface area (Å²) < 4.78 is 78.1. The minimum atomic E-state index is -5.02. The molecule has 5 nitrogen and oxygen atoms in total. The molecule has 0 saturated heterocycles. The molecule has 2 aromatic heterocycles. The molecule has 1 amide bonds. The monoisotopic (exact) mass is 440 g/mol. The molecule has 1 aromatic carbocycles. The largest absolute Gasteiger partial charge is 0.416 e. The van der Waals surface area contributed by atoms with Gasteiger partial charge in [0.05, 0.1) is 16.7 Å². The van der Waals surface area contributed by atoms with Gasteiger partial charge in [-0.25, -0.2) is 4.98 Å². The number of nitrogens with one attached hydrogen (secondary N) is 2. The Morgan fingerprint density at radius 3 is 2.06 bits per heavy atom. The van der Waals surface area contributed by atoms with E-state index in [1.807, 2.05) is 0 Å². The van der Waals surface area contributed by atoms with Crippen molar-refractivity contribution in [3.8, 4) is 0 Å². The van der Waals surface area contributed by atoms with Gasteiger partial charge in [-0.1, -0.05) is 0 Å². The van der Waals surface area contributed by atoms with Gasteiger partial charge in [0.2, 0.25) is 0 Å². The molecular weight excluding hydrogens is 426 g/mol. The van der Waals surface area contributed by atoms with Gasteiger partial charge in [-0.2, -0.15) is 26.3 Å². The van der Waals surface area contributed by atoms with Gasteiger partial charge >= 0.3 is 12.4 Å². The zero-order chi connectivity index (χ0) is 22.6. The van der Waals surface area contributed by atoms with Crippen LogP contribution < -0.4 is 10.6 Å². The summed E-state index contributed by atoms with van der Waals surface area (Å²) in [6.07, 6.45) is -5.53. The van der Waals surface area contributed by atoms with Crippen LogP contribution in [-0.4, -0.2) is 15.9 Å². The second-order valence-corrected chi connectivity index (χ2v) is 6.36. The third-order valence-corrected chi connectivity index (χ3v) is 4.11. The predicted molar refractivity (Wildman–Crippen MR) is 100 cm³/mol. The fourth-order valence-electron chi connectivity index (χ4n) is 2.64. The maximum absolute atomic E-state index is 13.0. The Bertz CT molecular complexity index is 1040. The lowest BCUT2D eigenvalue weighted by Gasteiger charge is -2.15. The molecule has 0 unspecified atom stereocenters. The number of pyridine rings is 2. The number of carbonyl (C=O) groups is 1. The van der Waals surface area contributed by atoms with E-state index in [2.05, 4.69) is 20.6 Å². The Hall–Kier alpha value is -3.63. The Morgan fingerprint density at radius 1 is 0.871 bits per heavy atom. The van der Waals surface area contributed by atoms with Crippen molar-refractivity contribution in [3.63, 3.8) is 0 Å². The van der Waals surface area contributed by atoms with E-state index in [-0.39, 0.29) is 24.0 Å². The lowest BCUT2D eigenvalue weighted by molar-refractivity contribution is -0.143. The summed E-state index contributed by atoms with van der Waals surface area (Å²) in [6.45, 7) is 0.265. The van der Waals surface area contributed by atoms with Gasteiger partial charge in [0.1, 0.15) is 5.82 Å². The molecule has 2 N–H and O–H groups in total. The van der Waals surface area contributed by atoms with Crippen molar-refractivity contribution in [3.05, 3.63) is 83.3 Å². The molecule has 0 aliphatic rings. The summed E-state index contributed by atoms with van der Waals surface area (Å²) in [5.41, 5.74) is -2.93. The van der Waals surface area contributed by atoms with Gasteiger partial charge in [-0.3, -0.25) is 9.78 Å². The van der Waals surface area contributed by atoms with E-state index in [9.17, 15) is 31.1 Å². The summed E-state index contributed by atoms with van der Waals surface area (Å²) in [6, 6.07) is 7.06. The minimum absolute atomic E-state index is 0.0125. The Labute approximate surface area is 172 Å². The van der Waals surface area contributed by atoms with Crippen LogP contribution in [-0.2, 0) is 18.9 Å². The van der Waals surface area contributed by atoms with E-state index in [0.29, 0.717) is 12.1 Å². The second-order valence-electron chi connectivity index (χ2n) is 6.36. The fraction of sp³-hybridized carbons (Fsp3) is 0.150. The zero-order valence-electron chi connectivity index (χ0n) is 15.6. The van der Waals surface area contributed by atoms with Crippen molar-refractivity contribution in [1.29, 1.82) is 0 Å². The molecule has 0 bridgehead atoms. The number of amides is 1. The Morgan fingerprint density at radius 2 is 1.48 bits per heavy atom. The number of alkyl halides is 6. The molecule has 0 spiro atoms. The van der Waals surface area contributed by atoms with Crippen molar-refractivity contribution >= 4 is 17.4 Å². The maximum Gasteiger partial charge on any atom is 0.416 e. The summed E-state index contributed by atoms with van der Waals surface area (Å²) in [4.78, 5) is 20.5. The number of hydrogen-bond acceptors (Lipinski definition) is 4. The van der Waals surface area contributed by atoms with Crippen molar-refractivity contribution in [1.82, 2.24) is 9.97 Å². The average molecular weight is 440 g/mol. The first kappa shape index (κ1) is 22.1. The SMILES string of the molecule is O=C(Nc1cc(C(F)(F)F)cc(C(F)(F)F)c1)c1cccnc1NCc1ccncc1. The first-order valence-corrected chi connectivity index (χ1v) is 8.72. The van der Waals surface area contributed by atoms with Gasteiger partial charge in [-0.15, -0.1) is 0 Å². The van der Waals surface area contributed by atoms with Crippen LogP contribution in [0, 0.1) is 0 Å². The molecule has 3 rings (SSSR count). The number of benzene rings is 1. The molecule has 162 valence electrons. The first-order valence-electron chi connectivity index (χ1n) is 8.72. The second kappa shape index (κ2) is 8.62. The lowest BCUT2D eigenvalue weighted by atomic mass is 10.1. The van der Waals surface area contributed by atoms with Crippen molar-refractivity contribution in [2.75, 3.05) is 10.6 Å². The molecule has 0 saturated carbocycles. The number of nitrogens with zero attached hydrogens (tertiary/aromatic N) is 2. The summed E-state index contributed by atoms with van der Waals surface area (Å²) in [5.74, 6) is -0.808. The summed E-state index contributed by atoms with van der Waals surface area (Å²) in [5, 5.41) is 5.00. The molecule has 2 heterocycles. The fourth-order valence-corrected chi connectivity index (χ4v) is 2.64. The van der Waals surface area contributed by atoms with E-state index in [1.165, 1.54) is 18.3 Å². The van der Waals surface area contributed by atoms with Gasteiger partial charge in [0.25, 0.3) is 5.91 Å².